The van der Waals surface area contributed by atoms with Crippen molar-refractivity contribution in [1.82, 2.24) is 15.1 Å². The predicted molar refractivity (Wildman–Crippen MR) is 98.9 cm³/mol. The van der Waals surface area contributed by atoms with E-state index in [0.29, 0.717) is 26.2 Å². The number of rotatable bonds is 6. The highest BCUT2D eigenvalue weighted by Gasteiger charge is 2.33. The number of unbranched alkanes of at least 4 members (excludes halogenated alkanes) is 1. The Balaban J connectivity index is 1.58. The quantitative estimate of drug-likeness (QED) is 0.790. The molecule has 1 aliphatic heterocycles. The molecule has 1 unspecified atom stereocenters. The van der Waals surface area contributed by atoms with Gasteiger partial charge >= 0.3 is 6.09 Å². The fourth-order valence-electron chi connectivity index (χ4n) is 3.84. The summed E-state index contributed by atoms with van der Waals surface area (Å²) in [6.45, 7) is 4.31. The van der Waals surface area contributed by atoms with E-state index in [1.54, 1.807) is 6.20 Å². The number of aromatic nitrogens is 2. The van der Waals surface area contributed by atoms with Gasteiger partial charge in [0.25, 0.3) is 0 Å². The molecule has 0 radical (unpaired) electrons. The monoisotopic (exact) mass is 362 g/mol. The number of alkyl carbamates (subject to hydrolysis) is 1. The van der Waals surface area contributed by atoms with E-state index in [0.717, 1.165) is 44.3 Å². The second kappa shape index (κ2) is 9.05. The van der Waals surface area contributed by atoms with Crippen LogP contribution in [0.3, 0.4) is 0 Å². The maximum atomic E-state index is 13.0. The molecule has 0 spiro atoms. The number of nitrogens with one attached hydrogen (secondary N) is 1. The van der Waals surface area contributed by atoms with Gasteiger partial charge < -0.3 is 10.1 Å². The van der Waals surface area contributed by atoms with Crippen molar-refractivity contribution in [3.8, 4) is 0 Å². The summed E-state index contributed by atoms with van der Waals surface area (Å²) in [5, 5.41) is 7.18. The van der Waals surface area contributed by atoms with Crippen molar-refractivity contribution < 1.29 is 14.3 Å². The molecular formula is C19H30N4O3. The molecule has 1 saturated carbocycles. The zero-order valence-corrected chi connectivity index (χ0v) is 15.7. The summed E-state index contributed by atoms with van der Waals surface area (Å²) in [4.78, 5) is 26.7. The average molecular weight is 362 g/mol. The van der Waals surface area contributed by atoms with Gasteiger partial charge in [0.05, 0.1) is 12.8 Å². The van der Waals surface area contributed by atoms with Gasteiger partial charge in [-0.25, -0.2) is 9.48 Å². The van der Waals surface area contributed by atoms with Crippen LogP contribution < -0.4 is 10.2 Å². The Bertz CT molecular complexity index is 610. The largest absolute Gasteiger partial charge is 0.450 e. The SMILES string of the molecule is CCCCOC(=O)NCC1CN(C(=O)C2CCCCC2)c2ccnn2C1. The van der Waals surface area contributed by atoms with E-state index >= 15 is 0 Å². The molecule has 1 fully saturated rings. The highest BCUT2D eigenvalue weighted by molar-refractivity contribution is 5.94. The highest BCUT2D eigenvalue weighted by Crippen LogP contribution is 2.30. The minimum atomic E-state index is -0.380. The molecule has 0 bridgehead atoms. The van der Waals surface area contributed by atoms with Crippen molar-refractivity contribution in [3.05, 3.63) is 12.3 Å². The summed E-state index contributed by atoms with van der Waals surface area (Å²) in [6.07, 6.45) is 8.70. The summed E-state index contributed by atoms with van der Waals surface area (Å²) >= 11 is 0. The Morgan fingerprint density at radius 2 is 2.08 bits per heavy atom. The second-order valence-electron chi connectivity index (χ2n) is 7.39. The van der Waals surface area contributed by atoms with Gasteiger partial charge in [-0.2, -0.15) is 5.10 Å². The molecule has 7 heteroatoms. The number of hydrogen-bond acceptors (Lipinski definition) is 4. The molecule has 1 atom stereocenters. The van der Waals surface area contributed by atoms with Crippen LogP contribution in [0.2, 0.25) is 0 Å². The number of hydrogen-bond donors (Lipinski definition) is 1. The third-order valence-electron chi connectivity index (χ3n) is 5.33. The number of nitrogens with zero attached hydrogens (tertiary/aromatic N) is 3. The summed E-state index contributed by atoms with van der Waals surface area (Å²) in [7, 11) is 0. The summed E-state index contributed by atoms with van der Waals surface area (Å²) < 4.78 is 7.02. The van der Waals surface area contributed by atoms with E-state index in [1.165, 1.54) is 6.42 Å². The van der Waals surface area contributed by atoms with Gasteiger partial charge in [0.2, 0.25) is 5.91 Å². The van der Waals surface area contributed by atoms with Crippen LogP contribution in [0, 0.1) is 11.8 Å². The number of carbonyl (C=O) groups excluding carboxylic acids is 2. The molecule has 3 rings (SSSR count). The van der Waals surface area contributed by atoms with Crippen molar-refractivity contribution >= 4 is 17.8 Å². The van der Waals surface area contributed by atoms with Crippen LogP contribution >= 0.6 is 0 Å². The first-order valence-corrected chi connectivity index (χ1v) is 9.93. The maximum Gasteiger partial charge on any atom is 0.407 e. The maximum absolute atomic E-state index is 13.0. The van der Waals surface area contributed by atoms with E-state index in [4.69, 9.17) is 4.74 Å². The topological polar surface area (TPSA) is 76.5 Å². The molecule has 144 valence electrons. The lowest BCUT2D eigenvalue weighted by Gasteiger charge is -2.36. The summed E-state index contributed by atoms with van der Waals surface area (Å²) in [5.74, 6) is 1.34. The van der Waals surface area contributed by atoms with Crippen LogP contribution in [0.25, 0.3) is 0 Å². The normalized spacial score (nSPS) is 20.5. The van der Waals surface area contributed by atoms with Crippen molar-refractivity contribution in [2.75, 3.05) is 24.6 Å². The Morgan fingerprint density at radius 3 is 2.85 bits per heavy atom. The van der Waals surface area contributed by atoms with Gasteiger partial charge in [0.15, 0.2) is 0 Å². The molecule has 2 heterocycles. The van der Waals surface area contributed by atoms with Crippen LogP contribution in [0.5, 0.6) is 0 Å². The van der Waals surface area contributed by atoms with Gasteiger partial charge in [0.1, 0.15) is 5.82 Å². The van der Waals surface area contributed by atoms with Crippen molar-refractivity contribution in [1.29, 1.82) is 0 Å². The molecule has 1 aromatic heterocycles. The van der Waals surface area contributed by atoms with Crippen LogP contribution in [-0.2, 0) is 16.1 Å². The zero-order chi connectivity index (χ0) is 18.4. The first kappa shape index (κ1) is 18.7. The number of anilines is 1. The lowest BCUT2D eigenvalue weighted by molar-refractivity contribution is -0.123. The molecular weight excluding hydrogens is 332 g/mol. The number of carbonyl (C=O) groups is 2. The van der Waals surface area contributed by atoms with Crippen LogP contribution in [0.1, 0.15) is 51.9 Å². The Hall–Kier alpha value is -2.05. The minimum absolute atomic E-state index is 0.123. The lowest BCUT2D eigenvalue weighted by atomic mass is 9.88. The van der Waals surface area contributed by atoms with E-state index in [2.05, 4.69) is 17.3 Å². The Morgan fingerprint density at radius 1 is 1.27 bits per heavy atom. The summed E-state index contributed by atoms with van der Waals surface area (Å²) in [6, 6.07) is 1.91. The predicted octanol–water partition coefficient (Wildman–Crippen LogP) is 2.95. The molecule has 1 aromatic rings. The molecule has 0 aromatic carbocycles. The van der Waals surface area contributed by atoms with E-state index < -0.39 is 0 Å². The number of fused-ring (bicyclic) bond motifs is 1. The molecule has 2 aliphatic rings. The van der Waals surface area contributed by atoms with Crippen LogP contribution in [-0.4, -0.2) is 41.5 Å². The number of ether oxygens (including phenoxy) is 1. The van der Waals surface area contributed by atoms with Gasteiger partial charge in [0, 0.05) is 37.5 Å². The summed E-state index contributed by atoms with van der Waals surface area (Å²) in [5.41, 5.74) is 0. The third kappa shape index (κ3) is 4.56. The van der Waals surface area contributed by atoms with E-state index in [-0.39, 0.29) is 23.8 Å². The molecule has 1 aliphatic carbocycles. The van der Waals surface area contributed by atoms with Crippen LogP contribution in [0.4, 0.5) is 10.6 Å². The lowest BCUT2D eigenvalue weighted by Crippen LogP contribution is -2.48. The first-order chi connectivity index (χ1) is 12.7. The molecule has 2 amide bonds. The van der Waals surface area contributed by atoms with Gasteiger partial charge in [-0.05, 0) is 19.3 Å². The van der Waals surface area contributed by atoms with Gasteiger partial charge in [-0.1, -0.05) is 32.6 Å². The highest BCUT2D eigenvalue weighted by atomic mass is 16.5. The Kier molecular flexibility index (Phi) is 6.52. The fraction of sp³-hybridized carbons (Fsp3) is 0.737. The average Bonchev–Trinajstić information content (AvgIpc) is 3.14. The zero-order valence-electron chi connectivity index (χ0n) is 15.7. The molecule has 7 nitrogen and oxygen atoms in total. The smallest absolute Gasteiger partial charge is 0.407 e. The molecule has 1 N–H and O–H groups in total. The molecule has 26 heavy (non-hydrogen) atoms. The van der Waals surface area contributed by atoms with Crippen LogP contribution in [0.15, 0.2) is 12.3 Å². The van der Waals surface area contributed by atoms with Gasteiger partial charge in [-0.3, -0.25) is 9.69 Å². The van der Waals surface area contributed by atoms with Crippen molar-refractivity contribution in [2.24, 2.45) is 11.8 Å². The molecule has 0 saturated heterocycles. The number of amides is 2. The van der Waals surface area contributed by atoms with Gasteiger partial charge in [-0.15, -0.1) is 0 Å². The van der Waals surface area contributed by atoms with Crippen molar-refractivity contribution in [2.45, 2.75) is 58.4 Å². The second-order valence-corrected chi connectivity index (χ2v) is 7.39. The first-order valence-electron chi connectivity index (χ1n) is 9.93. The van der Waals surface area contributed by atoms with Crippen molar-refractivity contribution in [3.63, 3.8) is 0 Å². The third-order valence-corrected chi connectivity index (χ3v) is 5.33. The standard InChI is InChI=1S/C19H30N4O3/c1-2-3-11-26-19(25)20-12-15-13-22(17-9-10-21-23(17)14-15)18(24)16-7-5-4-6-8-16/h9-10,15-16H,2-8,11-14H2,1H3,(H,20,25). The van der Waals surface area contributed by atoms with E-state index in [1.807, 2.05) is 15.6 Å². The fourth-order valence-corrected chi connectivity index (χ4v) is 3.84. The Labute approximate surface area is 155 Å². The van der Waals surface area contributed by atoms with E-state index in [9.17, 15) is 9.59 Å². The minimum Gasteiger partial charge on any atom is -0.450 e.